The van der Waals surface area contributed by atoms with Crippen molar-refractivity contribution >= 4 is 28.9 Å². The molecule has 3 aromatic rings. The first-order valence-electron chi connectivity index (χ1n) is 8.47. The first kappa shape index (κ1) is 18.8. The molecule has 0 saturated heterocycles. The molecule has 6 heteroatoms. The number of esters is 1. The Morgan fingerprint density at radius 1 is 1.15 bits per heavy atom. The highest BCUT2D eigenvalue weighted by atomic mass is 32.1. The molecule has 1 aromatic heterocycles. The second-order valence-corrected chi connectivity index (χ2v) is 7.07. The van der Waals surface area contributed by atoms with Crippen molar-refractivity contribution < 1.29 is 14.3 Å². The number of hydrogen-bond donors (Lipinski definition) is 1. The van der Waals surface area contributed by atoms with Gasteiger partial charge in [-0.25, -0.2) is 9.78 Å². The molecule has 1 heterocycles. The molecule has 0 aliphatic carbocycles. The van der Waals surface area contributed by atoms with Crippen molar-refractivity contribution in [2.75, 3.05) is 12.4 Å². The molecule has 0 aliphatic heterocycles. The number of carbonyl (C=O) groups is 2. The van der Waals surface area contributed by atoms with Gasteiger partial charge in [0.2, 0.25) is 5.91 Å². The first-order valence-corrected chi connectivity index (χ1v) is 9.35. The molecule has 5 nitrogen and oxygen atoms in total. The number of rotatable bonds is 5. The van der Waals surface area contributed by atoms with Crippen LogP contribution in [0.5, 0.6) is 0 Å². The molecule has 0 spiro atoms. The van der Waals surface area contributed by atoms with E-state index in [1.807, 2.05) is 30.5 Å². The summed E-state index contributed by atoms with van der Waals surface area (Å²) in [7, 11) is 1.33. The summed E-state index contributed by atoms with van der Waals surface area (Å²) in [6.07, 6.45) is 0.171. The molecule has 1 N–H and O–H groups in total. The standard InChI is InChI=1S/C21H20N2O3S/c1-13-6-4-7-15(10-13)20-22-16(12-27-20)11-19(24)23-18-9-5-8-17(14(18)2)21(25)26-3/h4-10,12H,11H2,1-3H3,(H,23,24). The lowest BCUT2D eigenvalue weighted by Gasteiger charge is -2.11. The fourth-order valence-corrected chi connectivity index (χ4v) is 3.58. The highest BCUT2D eigenvalue weighted by molar-refractivity contribution is 7.13. The normalized spacial score (nSPS) is 10.5. The number of aromatic nitrogens is 1. The highest BCUT2D eigenvalue weighted by Gasteiger charge is 2.14. The van der Waals surface area contributed by atoms with Crippen LogP contribution in [0, 0.1) is 13.8 Å². The molecule has 0 saturated carbocycles. The monoisotopic (exact) mass is 380 g/mol. The number of aryl methyl sites for hydroxylation is 1. The van der Waals surface area contributed by atoms with Gasteiger partial charge in [-0.3, -0.25) is 4.79 Å². The molecule has 3 rings (SSSR count). The SMILES string of the molecule is COC(=O)c1cccc(NC(=O)Cc2csc(-c3cccc(C)c3)n2)c1C. The van der Waals surface area contributed by atoms with Gasteiger partial charge in [-0.1, -0.05) is 29.8 Å². The molecule has 2 aromatic carbocycles. The number of hydrogen-bond acceptors (Lipinski definition) is 5. The number of benzene rings is 2. The van der Waals surface area contributed by atoms with Crippen molar-refractivity contribution in [2.45, 2.75) is 20.3 Å². The summed E-state index contributed by atoms with van der Waals surface area (Å²) in [6.45, 7) is 3.82. The minimum Gasteiger partial charge on any atom is -0.465 e. The van der Waals surface area contributed by atoms with E-state index in [4.69, 9.17) is 4.74 Å². The minimum absolute atomic E-state index is 0.171. The average molecular weight is 380 g/mol. The molecule has 0 radical (unpaired) electrons. The molecule has 0 unspecified atom stereocenters. The van der Waals surface area contributed by atoms with Gasteiger partial charge < -0.3 is 10.1 Å². The maximum Gasteiger partial charge on any atom is 0.338 e. The van der Waals surface area contributed by atoms with E-state index in [0.29, 0.717) is 16.8 Å². The third-order valence-electron chi connectivity index (χ3n) is 4.17. The Kier molecular flexibility index (Phi) is 5.66. The van der Waals surface area contributed by atoms with Gasteiger partial charge in [-0.15, -0.1) is 11.3 Å². The zero-order chi connectivity index (χ0) is 19.4. The first-order chi connectivity index (χ1) is 13.0. The minimum atomic E-state index is -0.425. The van der Waals surface area contributed by atoms with Crippen LogP contribution >= 0.6 is 11.3 Å². The Hall–Kier alpha value is -2.99. The van der Waals surface area contributed by atoms with Gasteiger partial charge in [0.25, 0.3) is 0 Å². The number of thiazole rings is 1. The summed E-state index contributed by atoms with van der Waals surface area (Å²) in [5, 5.41) is 5.65. The van der Waals surface area contributed by atoms with E-state index in [1.165, 1.54) is 24.0 Å². The van der Waals surface area contributed by atoms with E-state index < -0.39 is 5.97 Å². The van der Waals surface area contributed by atoms with Crippen LogP contribution in [0.1, 0.15) is 27.2 Å². The fraction of sp³-hybridized carbons (Fsp3) is 0.190. The second kappa shape index (κ2) is 8.14. The van der Waals surface area contributed by atoms with E-state index >= 15 is 0 Å². The zero-order valence-electron chi connectivity index (χ0n) is 15.4. The number of nitrogens with one attached hydrogen (secondary N) is 1. The van der Waals surface area contributed by atoms with E-state index in [-0.39, 0.29) is 12.3 Å². The highest BCUT2D eigenvalue weighted by Crippen LogP contribution is 2.25. The lowest BCUT2D eigenvalue weighted by Crippen LogP contribution is -2.16. The van der Waals surface area contributed by atoms with Crippen LogP contribution in [0.2, 0.25) is 0 Å². The van der Waals surface area contributed by atoms with Crippen molar-refractivity contribution in [1.29, 1.82) is 0 Å². The maximum atomic E-state index is 12.4. The Labute approximate surface area is 162 Å². The van der Waals surface area contributed by atoms with E-state index in [0.717, 1.165) is 16.3 Å². The molecule has 1 amide bonds. The number of anilines is 1. The Morgan fingerprint density at radius 2 is 1.93 bits per heavy atom. The summed E-state index contributed by atoms with van der Waals surface area (Å²) >= 11 is 1.52. The lowest BCUT2D eigenvalue weighted by molar-refractivity contribution is -0.115. The van der Waals surface area contributed by atoms with Crippen molar-refractivity contribution in [3.05, 3.63) is 70.2 Å². The van der Waals surface area contributed by atoms with Gasteiger partial charge in [0, 0.05) is 16.6 Å². The quantitative estimate of drug-likeness (QED) is 0.667. The summed E-state index contributed by atoms with van der Waals surface area (Å²) in [5.74, 6) is -0.605. The van der Waals surface area contributed by atoms with E-state index in [9.17, 15) is 9.59 Å². The average Bonchev–Trinajstić information content (AvgIpc) is 3.11. The van der Waals surface area contributed by atoms with Gasteiger partial charge in [0.15, 0.2) is 0 Å². The predicted octanol–water partition coefficient (Wildman–Crippen LogP) is 4.39. The van der Waals surface area contributed by atoms with Crippen LogP contribution in [0.15, 0.2) is 47.8 Å². The van der Waals surface area contributed by atoms with Crippen LogP contribution < -0.4 is 5.32 Å². The van der Waals surface area contributed by atoms with Crippen molar-refractivity contribution in [1.82, 2.24) is 4.98 Å². The van der Waals surface area contributed by atoms with E-state index in [2.05, 4.69) is 16.4 Å². The van der Waals surface area contributed by atoms with Gasteiger partial charge >= 0.3 is 5.97 Å². The lowest BCUT2D eigenvalue weighted by atomic mass is 10.1. The number of nitrogens with zero attached hydrogens (tertiary/aromatic N) is 1. The molecule has 138 valence electrons. The summed E-state index contributed by atoms with van der Waals surface area (Å²) in [6, 6.07) is 13.3. The van der Waals surface area contributed by atoms with Crippen molar-refractivity contribution in [3.63, 3.8) is 0 Å². The summed E-state index contributed by atoms with van der Waals surface area (Å²) in [5.41, 5.74) is 4.64. The maximum absolute atomic E-state index is 12.4. The molecule has 0 aliphatic rings. The predicted molar refractivity (Wildman–Crippen MR) is 107 cm³/mol. The fourth-order valence-electron chi connectivity index (χ4n) is 2.76. The molecule has 0 atom stereocenters. The smallest absolute Gasteiger partial charge is 0.338 e. The van der Waals surface area contributed by atoms with Gasteiger partial charge in [-0.05, 0) is 37.6 Å². The van der Waals surface area contributed by atoms with Gasteiger partial charge in [0.1, 0.15) is 5.01 Å². The van der Waals surface area contributed by atoms with Crippen LogP contribution in [-0.2, 0) is 16.0 Å². The van der Waals surface area contributed by atoms with E-state index in [1.54, 1.807) is 25.1 Å². The topological polar surface area (TPSA) is 68.3 Å². The molecule has 0 fully saturated rings. The molecule has 0 bridgehead atoms. The van der Waals surface area contributed by atoms with Crippen molar-refractivity contribution in [3.8, 4) is 10.6 Å². The Morgan fingerprint density at radius 3 is 2.67 bits per heavy atom. The van der Waals surface area contributed by atoms with Gasteiger partial charge in [-0.2, -0.15) is 0 Å². The number of carbonyl (C=O) groups excluding carboxylic acids is 2. The molecular formula is C21H20N2O3S. The van der Waals surface area contributed by atoms with Crippen LogP contribution in [-0.4, -0.2) is 24.0 Å². The summed E-state index contributed by atoms with van der Waals surface area (Å²) in [4.78, 5) is 28.8. The zero-order valence-corrected chi connectivity index (χ0v) is 16.2. The molecule has 27 heavy (non-hydrogen) atoms. The Bertz CT molecular complexity index is 995. The number of amides is 1. The Balaban J connectivity index is 1.71. The van der Waals surface area contributed by atoms with Crippen LogP contribution in [0.25, 0.3) is 10.6 Å². The largest absolute Gasteiger partial charge is 0.465 e. The van der Waals surface area contributed by atoms with Crippen LogP contribution in [0.4, 0.5) is 5.69 Å². The van der Waals surface area contributed by atoms with Crippen LogP contribution in [0.3, 0.4) is 0 Å². The number of ether oxygens (including phenoxy) is 1. The molecular weight excluding hydrogens is 360 g/mol. The third kappa shape index (κ3) is 4.41. The third-order valence-corrected chi connectivity index (χ3v) is 5.11. The summed E-state index contributed by atoms with van der Waals surface area (Å²) < 4.78 is 4.77. The second-order valence-electron chi connectivity index (χ2n) is 6.21. The van der Waals surface area contributed by atoms with Crippen molar-refractivity contribution in [2.24, 2.45) is 0 Å². The van der Waals surface area contributed by atoms with Gasteiger partial charge in [0.05, 0.1) is 24.8 Å². The number of methoxy groups -OCH3 is 1.